The molecular weight excluding hydrogens is 398 g/mol. The molecule has 154 valence electrons. The van der Waals surface area contributed by atoms with Crippen molar-refractivity contribution < 1.29 is 9.85 Å². The first-order chi connectivity index (χ1) is 15.0. The molecule has 31 heavy (non-hydrogen) atoms. The van der Waals surface area contributed by atoms with Crippen LogP contribution in [0.2, 0.25) is 0 Å². The topological polar surface area (TPSA) is 116 Å². The number of benzene rings is 3. The zero-order chi connectivity index (χ0) is 21.8. The van der Waals surface area contributed by atoms with Gasteiger partial charge in [0.1, 0.15) is 0 Å². The van der Waals surface area contributed by atoms with Gasteiger partial charge < -0.3 is 9.88 Å². The summed E-state index contributed by atoms with van der Waals surface area (Å²) in [5.74, 6) is 0. The third kappa shape index (κ3) is 4.40. The summed E-state index contributed by atoms with van der Waals surface area (Å²) in [6.07, 6.45) is 3.29. The van der Waals surface area contributed by atoms with Gasteiger partial charge in [0.05, 0.1) is 33.2 Å². The summed E-state index contributed by atoms with van der Waals surface area (Å²) in [6, 6.07) is 20.5. The summed E-state index contributed by atoms with van der Waals surface area (Å²) in [5.41, 5.74) is 3.61. The van der Waals surface area contributed by atoms with E-state index in [2.05, 4.69) is 10.3 Å². The number of rotatable bonds is 7. The van der Waals surface area contributed by atoms with Crippen LogP contribution in [0.25, 0.3) is 16.9 Å². The van der Waals surface area contributed by atoms with Gasteiger partial charge in [-0.2, -0.15) is 0 Å². The van der Waals surface area contributed by atoms with Crippen LogP contribution in [0, 0.1) is 20.2 Å². The van der Waals surface area contributed by atoms with Gasteiger partial charge in [-0.15, -0.1) is 0 Å². The predicted octanol–water partition coefficient (Wildman–Crippen LogP) is 4.97. The fourth-order valence-corrected chi connectivity index (χ4v) is 3.15. The Labute approximate surface area is 176 Å². The second kappa shape index (κ2) is 8.46. The van der Waals surface area contributed by atoms with Gasteiger partial charge in [0.15, 0.2) is 0 Å². The van der Waals surface area contributed by atoms with Crippen molar-refractivity contribution in [2.24, 2.45) is 0 Å². The molecule has 1 aromatic heterocycles. The van der Waals surface area contributed by atoms with Crippen molar-refractivity contribution in [1.82, 2.24) is 9.55 Å². The van der Waals surface area contributed by atoms with E-state index in [0.29, 0.717) is 29.2 Å². The van der Waals surface area contributed by atoms with Crippen molar-refractivity contribution in [3.63, 3.8) is 0 Å². The lowest BCUT2D eigenvalue weighted by Crippen LogP contribution is -2.04. The molecule has 9 nitrogen and oxygen atoms in total. The van der Waals surface area contributed by atoms with E-state index in [0.717, 1.165) is 5.56 Å². The molecule has 0 aliphatic rings. The van der Waals surface area contributed by atoms with Gasteiger partial charge in [0.2, 0.25) is 0 Å². The molecule has 0 fully saturated rings. The second-order valence-electron chi connectivity index (χ2n) is 6.77. The van der Waals surface area contributed by atoms with E-state index in [1.807, 2.05) is 30.3 Å². The molecule has 0 saturated heterocycles. The van der Waals surface area contributed by atoms with Crippen molar-refractivity contribution in [2.45, 2.75) is 6.54 Å². The molecule has 1 N–H and O–H groups in total. The fourth-order valence-electron chi connectivity index (χ4n) is 3.15. The number of hydrogen-bond acceptors (Lipinski definition) is 6. The number of nitro benzene ring substituents is 2. The van der Waals surface area contributed by atoms with E-state index in [9.17, 15) is 20.2 Å². The highest BCUT2D eigenvalue weighted by molar-refractivity contribution is 5.67. The third-order valence-corrected chi connectivity index (χ3v) is 4.75. The molecule has 0 saturated carbocycles. The molecular formula is C22H17N5O4. The Hall–Kier alpha value is -4.53. The van der Waals surface area contributed by atoms with Crippen LogP contribution in [0.5, 0.6) is 0 Å². The standard InChI is InChI=1S/C22H17N5O4/c28-26(29)18-8-6-17(7-9-18)21-14-25(15-24-21)22-12-19(27(30)31)10-11-20(22)23-13-16-4-2-1-3-5-16/h1-12,14-15,23H,13H2. The van der Waals surface area contributed by atoms with Crippen LogP contribution >= 0.6 is 0 Å². The van der Waals surface area contributed by atoms with Crippen LogP contribution in [0.15, 0.2) is 85.3 Å². The van der Waals surface area contributed by atoms with Gasteiger partial charge in [-0.25, -0.2) is 4.98 Å². The zero-order valence-corrected chi connectivity index (χ0v) is 16.2. The summed E-state index contributed by atoms with van der Waals surface area (Å²) in [7, 11) is 0. The molecule has 9 heteroatoms. The number of imidazole rings is 1. The number of nitro groups is 2. The Kier molecular flexibility index (Phi) is 5.39. The summed E-state index contributed by atoms with van der Waals surface area (Å²) in [6.45, 7) is 0.551. The van der Waals surface area contributed by atoms with Crippen LogP contribution in [0.4, 0.5) is 17.1 Å². The molecule has 1 heterocycles. The van der Waals surface area contributed by atoms with Crippen LogP contribution in [-0.4, -0.2) is 19.4 Å². The summed E-state index contributed by atoms with van der Waals surface area (Å²) < 4.78 is 1.69. The SMILES string of the molecule is O=[N+]([O-])c1ccc(-c2cn(-c3cc([N+](=O)[O-])ccc3NCc3ccccc3)cn2)cc1. The fraction of sp³-hybridized carbons (Fsp3) is 0.0455. The van der Waals surface area contributed by atoms with E-state index in [4.69, 9.17) is 0 Å². The molecule has 3 aromatic carbocycles. The van der Waals surface area contributed by atoms with Gasteiger partial charge >= 0.3 is 0 Å². The van der Waals surface area contributed by atoms with Crippen molar-refractivity contribution in [3.05, 3.63) is 111 Å². The molecule has 0 unspecified atom stereocenters. The molecule has 0 aliphatic carbocycles. The van der Waals surface area contributed by atoms with Gasteiger partial charge in [0, 0.05) is 42.6 Å². The monoisotopic (exact) mass is 415 g/mol. The number of non-ortho nitro benzene ring substituents is 2. The lowest BCUT2D eigenvalue weighted by Gasteiger charge is -2.12. The minimum absolute atomic E-state index is 0.00531. The predicted molar refractivity (Wildman–Crippen MR) is 116 cm³/mol. The van der Waals surface area contributed by atoms with Crippen molar-refractivity contribution in [1.29, 1.82) is 0 Å². The average molecular weight is 415 g/mol. The maximum atomic E-state index is 11.3. The zero-order valence-electron chi connectivity index (χ0n) is 16.2. The van der Waals surface area contributed by atoms with Crippen LogP contribution in [0.3, 0.4) is 0 Å². The molecule has 0 bridgehead atoms. The maximum Gasteiger partial charge on any atom is 0.271 e. The number of aromatic nitrogens is 2. The Morgan fingerprint density at radius 1 is 0.871 bits per heavy atom. The Morgan fingerprint density at radius 3 is 2.23 bits per heavy atom. The third-order valence-electron chi connectivity index (χ3n) is 4.75. The van der Waals surface area contributed by atoms with E-state index in [1.165, 1.54) is 24.3 Å². The van der Waals surface area contributed by atoms with E-state index < -0.39 is 9.85 Å². The van der Waals surface area contributed by atoms with Crippen molar-refractivity contribution in [2.75, 3.05) is 5.32 Å². The number of nitrogens with zero attached hydrogens (tertiary/aromatic N) is 4. The van der Waals surface area contributed by atoms with E-state index in [-0.39, 0.29) is 11.4 Å². The normalized spacial score (nSPS) is 10.6. The first-order valence-electron chi connectivity index (χ1n) is 9.37. The minimum Gasteiger partial charge on any atom is -0.379 e. The van der Waals surface area contributed by atoms with Gasteiger partial charge in [-0.05, 0) is 23.8 Å². The van der Waals surface area contributed by atoms with Crippen LogP contribution in [-0.2, 0) is 6.54 Å². The number of anilines is 1. The second-order valence-corrected chi connectivity index (χ2v) is 6.77. The highest BCUT2D eigenvalue weighted by atomic mass is 16.6. The van der Waals surface area contributed by atoms with E-state index in [1.54, 1.807) is 35.3 Å². The summed E-state index contributed by atoms with van der Waals surface area (Å²) >= 11 is 0. The largest absolute Gasteiger partial charge is 0.379 e. The summed E-state index contributed by atoms with van der Waals surface area (Å²) in [4.78, 5) is 25.6. The Morgan fingerprint density at radius 2 is 1.55 bits per heavy atom. The van der Waals surface area contributed by atoms with Gasteiger partial charge in [-0.1, -0.05) is 30.3 Å². The number of hydrogen-bond donors (Lipinski definition) is 1. The molecule has 0 spiro atoms. The minimum atomic E-state index is -0.462. The molecule has 0 amide bonds. The maximum absolute atomic E-state index is 11.3. The smallest absolute Gasteiger partial charge is 0.271 e. The lowest BCUT2D eigenvalue weighted by molar-refractivity contribution is -0.385. The summed E-state index contributed by atoms with van der Waals surface area (Å²) in [5, 5.41) is 25.5. The first-order valence-corrected chi connectivity index (χ1v) is 9.37. The van der Waals surface area contributed by atoms with Gasteiger partial charge in [-0.3, -0.25) is 20.2 Å². The quantitative estimate of drug-likeness (QED) is 0.337. The van der Waals surface area contributed by atoms with E-state index >= 15 is 0 Å². The molecule has 0 aliphatic heterocycles. The van der Waals surface area contributed by atoms with Crippen LogP contribution in [0.1, 0.15) is 5.56 Å². The molecule has 0 radical (unpaired) electrons. The highest BCUT2D eigenvalue weighted by Crippen LogP contribution is 2.28. The Balaban J connectivity index is 1.66. The molecule has 4 aromatic rings. The molecule has 0 atom stereocenters. The number of nitrogens with one attached hydrogen (secondary N) is 1. The Bertz CT molecular complexity index is 1240. The van der Waals surface area contributed by atoms with Gasteiger partial charge in [0.25, 0.3) is 11.4 Å². The first kappa shape index (κ1) is 19.8. The van der Waals surface area contributed by atoms with Crippen molar-refractivity contribution >= 4 is 17.1 Å². The van der Waals surface area contributed by atoms with Crippen molar-refractivity contribution in [3.8, 4) is 16.9 Å². The molecule has 4 rings (SSSR count). The van der Waals surface area contributed by atoms with Crippen LogP contribution < -0.4 is 5.32 Å². The lowest BCUT2D eigenvalue weighted by atomic mass is 10.1. The average Bonchev–Trinajstić information content (AvgIpc) is 3.28. The highest BCUT2D eigenvalue weighted by Gasteiger charge is 2.14.